The average Bonchev–Trinajstić information content (AvgIpc) is 3.02. The van der Waals surface area contributed by atoms with Crippen LogP contribution in [0.25, 0.3) is 5.57 Å². The molecule has 5 nitrogen and oxygen atoms in total. The lowest BCUT2D eigenvalue weighted by molar-refractivity contribution is -0.125. The fourth-order valence-electron chi connectivity index (χ4n) is 3.12. The number of urea groups is 1. The number of rotatable bonds is 4. The SMILES string of the molecule is O=C1CCCN1C(=O)NCCN1CC=C(c2ccc(Cl)cc2)CC1. The quantitative estimate of drug-likeness (QED) is 0.911. The van der Waals surface area contributed by atoms with E-state index in [-0.39, 0.29) is 11.9 Å². The van der Waals surface area contributed by atoms with Crippen LogP contribution in [0.15, 0.2) is 30.3 Å². The van der Waals surface area contributed by atoms with Gasteiger partial charge in [0.15, 0.2) is 0 Å². The molecule has 2 aliphatic rings. The zero-order chi connectivity index (χ0) is 16.9. The third-order valence-corrected chi connectivity index (χ3v) is 4.78. The van der Waals surface area contributed by atoms with Crippen molar-refractivity contribution in [3.63, 3.8) is 0 Å². The van der Waals surface area contributed by atoms with Gasteiger partial charge in [0.2, 0.25) is 5.91 Å². The Morgan fingerprint density at radius 3 is 2.58 bits per heavy atom. The molecule has 0 atom stereocenters. The van der Waals surface area contributed by atoms with Crippen LogP contribution >= 0.6 is 11.6 Å². The van der Waals surface area contributed by atoms with Crippen LogP contribution in [0, 0.1) is 0 Å². The number of carbonyl (C=O) groups excluding carboxylic acids is 2. The summed E-state index contributed by atoms with van der Waals surface area (Å²) in [7, 11) is 0. The van der Waals surface area contributed by atoms with Gasteiger partial charge in [0, 0.05) is 44.2 Å². The third kappa shape index (κ3) is 4.16. The number of nitrogens with zero attached hydrogens (tertiary/aromatic N) is 2. The van der Waals surface area contributed by atoms with Crippen LogP contribution in [0.4, 0.5) is 4.79 Å². The summed E-state index contributed by atoms with van der Waals surface area (Å²) < 4.78 is 0. The van der Waals surface area contributed by atoms with E-state index in [2.05, 4.69) is 28.4 Å². The molecule has 2 aliphatic heterocycles. The highest BCUT2D eigenvalue weighted by molar-refractivity contribution is 6.30. The van der Waals surface area contributed by atoms with E-state index in [1.807, 2.05) is 12.1 Å². The lowest BCUT2D eigenvalue weighted by atomic mass is 10.00. The predicted octanol–water partition coefficient (Wildman–Crippen LogP) is 2.76. The van der Waals surface area contributed by atoms with Crippen molar-refractivity contribution in [3.8, 4) is 0 Å². The molecule has 1 saturated heterocycles. The standard InChI is InChI=1S/C18H22ClN3O2/c19-16-5-3-14(4-6-16)15-7-11-21(12-8-15)13-9-20-18(24)22-10-1-2-17(22)23/h3-7H,1-2,8-13H2,(H,20,24). The Kier molecular flexibility index (Phi) is 5.53. The van der Waals surface area contributed by atoms with Crippen molar-refractivity contribution in [1.82, 2.24) is 15.1 Å². The molecule has 3 rings (SSSR count). The van der Waals surface area contributed by atoms with E-state index in [9.17, 15) is 9.59 Å². The number of halogens is 1. The van der Waals surface area contributed by atoms with Gasteiger partial charge in [-0.05, 0) is 36.1 Å². The summed E-state index contributed by atoms with van der Waals surface area (Å²) in [5, 5.41) is 3.59. The summed E-state index contributed by atoms with van der Waals surface area (Å²) in [5.41, 5.74) is 2.56. The van der Waals surface area contributed by atoms with Crippen LogP contribution < -0.4 is 5.32 Å². The van der Waals surface area contributed by atoms with E-state index < -0.39 is 0 Å². The van der Waals surface area contributed by atoms with Crippen LogP contribution in [0.5, 0.6) is 0 Å². The fraction of sp³-hybridized carbons (Fsp3) is 0.444. The van der Waals surface area contributed by atoms with Crippen molar-refractivity contribution in [3.05, 3.63) is 40.9 Å². The summed E-state index contributed by atoms with van der Waals surface area (Å²) in [6.07, 6.45) is 4.48. The van der Waals surface area contributed by atoms with Crippen molar-refractivity contribution in [2.24, 2.45) is 0 Å². The van der Waals surface area contributed by atoms with Gasteiger partial charge in [-0.15, -0.1) is 0 Å². The lowest BCUT2D eigenvalue weighted by Gasteiger charge is -2.26. The van der Waals surface area contributed by atoms with Crippen LogP contribution in [0.1, 0.15) is 24.8 Å². The highest BCUT2D eigenvalue weighted by Gasteiger charge is 2.26. The molecule has 0 unspecified atom stereocenters. The van der Waals surface area contributed by atoms with Crippen LogP contribution in [0.2, 0.25) is 5.02 Å². The normalized spacial score (nSPS) is 18.6. The van der Waals surface area contributed by atoms with E-state index in [1.165, 1.54) is 16.0 Å². The minimum atomic E-state index is -0.257. The highest BCUT2D eigenvalue weighted by atomic mass is 35.5. The molecule has 6 heteroatoms. The molecule has 0 aliphatic carbocycles. The first-order chi connectivity index (χ1) is 11.6. The maximum atomic E-state index is 11.9. The van der Waals surface area contributed by atoms with Crippen molar-refractivity contribution >= 4 is 29.1 Å². The molecule has 1 aromatic rings. The minimum absolute atomic E-state index is 0.0685. The first-order valence-corrected chi connectivity index (χ1v) is 8.77. The van der Waals surface area contributed by atoms with E-state index >= 15 is 0 Å². The fourth-order valence-corrected chi connectivity index (χ4v) is 3.25. The van der Waals surface area contributed by atoms with Gasteiger partial charge in [-0.1, -0.05) is 29.8 Å². The number of nitrogens with one attached hydrogen (secondary N) is 1. The number of imide groups is 1. The Morgan fingerprint density at radius 1 is 1.17 bits per heavy atom. The van der Waals surface area contributed by atoms with Crippen LogP contribution in [-0.4, -0.2) is 54.5 Å². The molecule has 1 aromatic carbocycles. The molecule has 128 valence electrons. The Morgan fingerprint density at radius 2 is 1.96 bits per heavy atom. The summed E-state index contributed by atoms with van der Waals surface area (Å²) in [6.45, 7) is 3.73. The molecule has 3 amide bonds. The molecular formula is C18H22ClN3O2. The summed E-state index contributed by atoms with van der Waals surface area (Å²) >= 11 is 5.93. The van der Waals surface area contributed by atoms with Crippen molar-refractivity contribution in [1.29, 1.82) is 0 Å². The van der Waals surface area contributed by atoms with Crippen molar-refractivity contribution < 1.29 is 9.59 Å². The zero-order valence-electron chi connectivity index (χ0n) is 13.6. The Bertz CT molecular complexity index is 642. The number of likely N-dealkylation sites (tertiary alicyclic amines) is 1. The van der Waals surface area contributed by atoms with Gasteiger partial charge in [-0.3, -0.25) is 14.6 Å². The molecule has 1 N–H and O–H groups in total. The summed E-state index contributed by atoms with van der Waals surface area (Å²) in [5.74, 6) is -0.0685. The summed E-state index contributed by atoms with van der Waals surface area (Å²) in [6, 6.07) is 7.68. The predicted molar refractivity (Wildman–Crippen MR) is 94.8 cm³/mol. The topological polar surface area (TPSA) is 52.7 Å². The van der Waals surface area contributed by atoms with Gasteiger partial charge in [-0.25, -0.2) is 4.79 Å². The highest BCUT2D eigenvalue weighted by Crippen LogP contribution is 2.23. The number of amides is 3. The van der Waals surface area contributed by atoms with E-state index in [1.54, 1.807) is 0 Å². The monoisotopic (exact) mass is 347 g/mol. The Balaban J connectivity index is 1.43. The Hall–Kier alpha value is -1.85. The smallest absolute Gasteiger partial charge is 0.324 e. The van der Waals surface area contributed by atoms with E-state index in [0.717, 1.165) is 37.5 Å². The maximum Gasteiger partial charge on any atom is 0.324 e. The second-order valence-corrected chi connectivity index (χ2v) is 6.60. The molecule has 24 heavy (non-hydrogen) atoms. The van der Waals surface area contributed by atoms with E-state index in [0.29, 0.717) is 19.5 Å². The molecule has 0 spiro atoms. The second-order valence-electron chi connectivity index (χ2n) is 6.17. The zero-order valence-corrected chi connectivity index (χ0v) is 14.4. The van der Waals surface area contributed by atoms with Gasteiger partial charge >= 0.3 is 6.03 Å². The van der Waals surface area contributed by atoms with Crippen LogP contribution in [-0.2, 0) is 4.79 Å². The van der Waals surface area contributed by atoms with Gasteiger partial charge in [-0.2, -0.15) is 0 Å². The summed E-state index contributed by atoms with van der Waals surface area (Å²) in [4.78, 5) is 27.0. The number of hydrogen-bond donors (Lipinski definition) is 1. The third-order valence-electron chi connectivity index (χ3n) is 4.53. The molecule has 1 fully saturated rings. The first-order valence-electron chi connectivity index (χ1n) is 8.39. The number of benzene rings is 1. The second kappa shape index (κ2) is 7.81. The minimum Gasteiger partial charge on any atom is -0.336 e. The molecule has 2 heterocycles. The lowest BCUT2D eigenvalue weighted by Crippen LogP contribution is -2.44. The largest absolute Gasteiger partial charge is 0.336 e. The molecular weight excluding hydrogens is 326 g/mol. The molecule has 0 aromatic heterocycles. The van der Waals surface area contributed by atoms with Gasteiger partial charge in [0.05, 0.1) is 0 Å². The molecule has 0 saturated carbocycles. The van der Waals surface area contributed by atoms with E-state index in [4.69, 9.17) is 11.6 Å². The van der Waals surface area contributed by atoms with Crippen molar-refractivity contribution in [2.75, 3.05) is 32.7 Å². The van der Waals surface area contributed by atoms with Gasteiger partial charge < -0.3 is 5.32 Å². The average molecular weight is 348 g/mol. The maximum absolute atomic E-state index is 11.9. The number of hydrogen-bond acceptors (Lipinski definition) is 3. The first kappa shape index (κ1) is 17.0. The molecule has 0 radical (unpaired) electrons. The van der Waals surface area contributed by atoms with Crippen LogP contribution in [0.3, 0.4) is 0 Å². The van der Waals surface area contributed by atoms with Crippen molar-refractivity contribution in [2.45, 2.75) is 19.3 Å². The molecule has 0 bridgehead atoms. The van der Waals surface area contributed by atoms with Gasteiger partial charge in [0.1, 0.15) is 0 Å². The van der Waals surface area contributed by atoms with Gasteiger partial charge in [0.25, 0.3) is 0 Å². The Labute approximate surface area is 147 Å². The number of carbonyl (C=O) groups is 2.